The Balaban J connectivity index is 1.86. The molecule has 0 saturated carbocycles. The van der Waals surface area contributed by atoms with Crippen molar-refractivity contribution in [2.45, 2.75) is 19.5 Å². The zero-order chi connectivity index (χ0) is 22.8. The molecule has 0 radical (unpaired) electrons. The number of nitrogens with zero attached hydrogens (tertiary/aromatic N) is 2. The monoisotopic (exact) mass is 435 g/mol. The van der Waals surface area contributed by atoms with Crippen LogP contribution in [0.3, 0.4) is 0 Å². The number of nitrogens with one attached hydrogen (secondary N) is 1. The van der Waals surface area contributed by atoms with E-state index >= 15 is 0 Å². The van der Waals surface area contributed by atoms with Gasteiger partial charge in [0.1, 0.15) is 5.82 Å². The minimum Gasteiger partial charge on any atom is -0.395 e. The van der Waals surface area contributed by atoms with Gasteiger partial charge >= 0.3 is 6.18 Å². The predicted octanol–water partition coefficient (Wildman–Crippen LogP) is 3.87. The number of halogens is 4. The molecule has 9 heteroatoms. The van der Waals surface area contributed by atoms with E-state index in [0.717, 1.165) is 23.3 Å². The molecular formula is C22H21F4N3O2. The number of carbonyl (C=O) groups excluding carboxylic acids is 1. The lowest BCUT2D eigenvalue weighted by molar-refractivity contribution is -0.137. The van der Waals surface area contributed by atoms with Gasteiger partial charge in [0.2, 0.25) is 0 Å². The second-order valence-electron chi connectivity index (χ2n) is 7.18. The number of aryl methyl sites for hydroxylation is 2. The molecule has 0 spiro atoms. The summed E-state index contributed by atoms with van der Waals surface area (Å²) in [6.45, 7) is 1.78. The van der Waals surface area contributed by atoms with Crippen LogP contribution in [0.15, 0.2) is 42.5 Å². The molecule has 1 amide bonds. The van der Waals surface area contributed by atoms with Gasteiger partial charge in [0.15, 0.2) is 0 Å². The number of alkyl halides is 3. The van der Waals surface area contributed by atoms with E-state index in [1.807, 2.05) is 0 Å². The van der Waals surface area contributed by atoms with Gasteiger partial charge in [0.05, 0.1) is 23.6 Å². The van der Waals surface area contributed by atoms with Crippen LogP contribution in [-0.4, -0.2) is 33.9 Å². The third-order valence-corrected chi connectivity index (χ3v) is 4.76. The van der Waals surface area contributed by atoms with Crippen molar-refractivity contribution in [1.29, 1.82) is 0 Å². The largest absolute Gasteiger partial charge is 0.416 e. The number of rotatable bonds is 6. The third-order valence-electron chi connectivity index (χ3n) is 4.76. The molecule has 0 atom stereocenters. The molecule has 0 fully saturated rings. The standard InChI is InChI=1S/C22H21F4N3O2/c1-13-7-15(3-4-19(13)21(31)27-5-6-30)20-12-18(28-29(20)2)10-14-8-16(22(24,25)26)11-17(23)9-14/h3-4,7-9,11-12,30H,5-6,10H2,1-2H3,(H,27,31). The molecule has 1 heterocycles. The van der Waals surface area contributed by atoms with Gasteiger partial charge in [-0.05, 0) is 54.4 Å². The Morgan fingerprint density at radius 2 is 1.90 bits per heavy atom. The van der Waals surface area contributed by atoms with Crippen molar-refractivity contribution >= 4 is 5.91 Å². The molecule has 0 unspecified atom stereocenters. The summed E-state index contributed by atoms with van der Waals surface area (Å²) in [4.78, 5) is 12.1. The van der Waals surface area contributed by atoms with Gasteiger partial charge in [-0.3, -0.25) is 9.48 Å². The first-order valence-corrected chi connectivity index (χ1v) is 9.48. The molecule has 3 rings (SSSR count). The van der Waals surface area contributed by atoms with Crippen LogP contribution in [0.5, 0.6) is 0 Å². The van der Waals surface area contributed by atoms with Crippen molar-refractivity contribution in [1.82, 2.24) is 15.1 Å². The number of aliphatic hydroxyl groups excluding tert-OH is 1. The fourth-order valence-electron chi connectivity index (χ4n) is 3.35. The maximum absolute atomic E-state index is 13.7. The summed E-state index contributed by atoms with van der Waals surface area (Å²) in [5.41, 5.74) is 2.28. The smallest absolute Gasteiger partial charge is 0.395 e. The molecule has 0 saturated heterocycles. The van der Waals surface area contributed by atoms with Crippen molar-refractivity contribution < 1.29 is 27.5 Å². The summed E-state index contributed by atoms with van der Waals surface area (Å²) < 4.78 is 54.1. The molecule has 0 aliphatic rings. The SMILES string of the molecule is Cc1cc(-c2cc(Cc3cc(F)cc(C(F)(F)F)c3)nn2C)ccc1C(=O)NCCO. The Morgan fingerprint density at radius 1 is 1.16 bits per heavy atom. The Morgan fingerprint density at radius 3 is 2.55 bits per heavy atom. The van der Waals surface area contributed by atoms with Crippen LogP contribution in [0.2, 0.25) is 0 Å². The number of hydrogen-bond donors (Lipinski definition) is 2. The first-order chi connectivity index (χ1) is 14.6. The molecule has 164 valence electrons. The Labute approximate surface area is 176 Å². The van der Waals surface area contributed by atoms with Gasteiger partial charge in [0, 0.05) is 31.1 Å². The van der Waals surface area contributed by atoms with Crippen LogP contribution in [0.1, 0.15) is 32.7 Å². The van der Waals surface area contributed by atoms with Gasteiger partial charge in [-0.1, -0.05) is 6.07 Å². The van der Waals surface area contributed by atoms with Crippen LogP contribution >= 0.6 is 0 Å². The topological polar surface area (TPSA) is 67.2 Å². The Bertz CT molecular complexity index is 1110. The highest BCUT2D eigenvalue weighted by Crippen LogP contribution is 2.31. The summed E-state index contributed by atoms with van der Waals surface area (Å²) in [6, 6.07) is 9.37. The number of amides is 1. The lowest BCUT2D eigenvalue weighted by Gasteiger charge is -2.09. The summed E-state index contributed by atoms with van der Waals surface area (Å²) in [5, 5.41) is 15.8. The van der Waals surface area contributed by atoms with E-state index in [1.54, 1.807) is 42.9 Å². The second-order valence-corrected chi connectivity index (χ2v) is 7.18. The first-order valence-electron chi connectivity index (χ1n) is 9.48. The zero-order valence-corrected chi connectivity index (χ0v) is 16.9. The van der Waals surface area contributed by atoms with Crippen molar-refractivity contribution in [3.05, 3.63) is 76.2 Å². The lowest BCUT2D eigenvalue weighted by Crippen LogP contribution is -2.26. The maximum atomic E-state index is 13.7. The van der Waals surface area contributed by atoms with Crippen molar-refractivity contribution in [2.75, 3.05) is 13.2 Å². The summed E-state index contributed by atoms with van der Waals surface area (Å²) in [7, 11) is 1.70. The highest BCUT2D eigenvalue weighted by Gasteiger charge is 2.31. The molecule has 2 aromatic carbocycles. The van der Waals surface area contributed by atoms with Gasteiger partial charge < -0.3 is 10.4 Å². The van der Waals surface area contributed by atoms with Crippen molar-refractivity contribution in [3.63, 3.8) is 0 Å². The molecule has 31 heavy (non-hydrogen) atoms. The molecular weight excluding hydrogens is 414 g/mol. The van der Waals surface area contributed by atoms with E-state index in [2.05, 4.69) is 10.4 Å². The number of aromatic nitrogens is 2. The second kappa shape index (κ2) is 8.89. The minimum absolute atomic E-state index is 0.0370. The molecule has 3 aromatic rings. The highest BCUT2D eigenvalue weighted by atomic mass is 19.4. The molecule has 1 aromatic heterocycles. The maximum Gasteiger partial charge on any atom is 0.416 e. The van der Waals surface area contributed by atoms with Crippen LogP contribution in [-0.2, 0) is 19.6 Å². The van der Waals surface area contributed by atoms with Crippen LogP contribution < -0.4 is 5.32 Å². The van der Waals surface area contributed by atoms with Gasteiger partial charge in [-0.15, -0.1) is 0 Å². The van der Waals surface area contributed by atoms with E-state index in [9.17, 15) is 22.4 Å². The first kappa shape index (κ1) is 22.5. The number of benzene rings is 2. The molecule has 0 aliphatic heterocycles. The number of carbonyl (C=O) groups is 1. The average molecular weight is 435 g/mol. The third kappa shape index (κ3) is 5.29. The number of aliphatic hydroxyl groups is 1. The number of hydrogen-bond acceptors (Lipinski definition) is 3. The van der Waals surface area contributed by atoms with Crippen LogP contribution in [0, 0.1) is 12.7 Å². The van der Waals surface area contributed by atoms with E-state index in [4.69, 9.17) is 5.11 Å². The molecule has 5 nitrogen and oxygen atoms in total. The highest BCUT2D eigenvalue weighted by molar-refractivity contribution is 5.96. The Hall–Kier alpha value is -3.20. The van der Waals surface area contributed by atoms with E-state index in [1.165, 1.54) is 0 Å². The van der Waals surface area contributed by atoms with E-state index in [0.29, 0.717) is 23.0 Å². The predicted molar refractivity (Wildman–Crippen MR) is 107 cm³/mol. The van der Waals surface area contributed by atoms with E-state index < -0.39 is 17.6 Å². The molecule has 2 N–H and O–H groups in total. The minimum atomic E-state index is -4.63. The summed E-state index contributed by atoms with van der Waals surface area (Å²) in [5.74, 6) is -1.25. The zero-order valence-electron chi connectivity index (χ0n) is 16.9. The normalized spacial score (nSPS) is 11.6. The lowest BCUT2D eigenvalue weighted by atomic mass is 10.0. The van der Waals surface area contributed by atoms with Gasteiger partial charge in [0.25, 0.3) is 5.91 Å². The van der Waals surface area contributed by atoms with Crippen LogP contribution in [0.4, 0.5) is 17.6 Å². The fraction of sp³-hybridized carbons (Fsp3) is 0.273. The quantitative estimate of drug-likeness (QED) is 0.578. The van der Waals surface area contributed by atoms with Crippen LogP contribution in [0.25, 0.3) is 11.3 Å². The van der Waals surface area contributed by atoms with Gasteiger partial charge in [-0.25, -0.2) is 4.39 Å². The van der Waals surface area contributed by atoms with Gasteiger partial charge in [-0.2, -0.15) is 18.3 Å². The summed E-state index contributed by atoms with van der Waals surface area (Å²) >= 11 is 0. The molecule has 0 bridgehead atoms. The summed E-state index contributed by atoms with van der Waals surface area (Å²) in [6.07, 6.45) is -4.59. The molecule has 0 aliphatic carbocycles. The fourth-order valence-corrected chi connectivity index (χ4v) is 3.35. The van der Waals surface area contributed by atoms with Crippen molar-refractivity contribution in [2.24, 2.45) is 7.05 Å². The van der Waals surface area contributed by atoms with E-state index in [-0.39, 0.29) is 31.0 Å². The van der Waals surface area contributed by atoms with Crippen molar-refractivity contribution in [3.8, 4) is 11.3 Å². The Kier molecular flexibility index (Phi) is 6.45. The average Bonchev–Trinajstić information content (AvgIpc) is 3.04.